The van der Waals surface area contributed by atoms with Crippen LogP contribution in [0, 0.1) is 13.8 Å². The molecule has 0 aliphatic carbocycles. The minimum atomic E-state index is 0.0793. The average Bonchev–Trinajstić information content (AvgIpc) is 3.16. The summed E-state index contributed by atoms with van der Waals surface area (Å²) in [5, 5.41) is 0. The van der Waals surface area contributed by atoms with E-state index in [4.69, 9.17) is 0 Å². The number of para-hydroxylation sites is 6. The van der Waals surface area contributed by atoms with Crippen molar-refractivity contribution in [3.8, 4) is 0 Å². The molecule has 9 rings (SSSR count). The van der Waals surface area contributed by atoms with Gasteiger partial charge in [-0.1, -0.05) is 109 Å². The van der Waals surface area contributed by atoms with Crippen molar-refractivity contribution in [1.82, 2.24) is 0 Å². The monoisotopic (exact) mass is 615 g/mol. The summed E-state index contributed by atoms with van der Waals surface area (Å²) in [5.41, 5.74) is 17.2. The topological polar surface area (TPSA) is 9.72 Å². The first-order chi connectivity index (χ1) is 23.7. The lowest BCUT2D eigenvalue weighted by atomic mass is 9.33. The Morgan fingerprint density at radius 2 is 0.771 bits per heavy atom. The molecule has 0 fully saturated rings. The molecule has 0 aromatic heterocycles. The van der Waals surface area contributed by atoms with Crippen molar-refractivity contribution in [2.24, 2.45) is 0 Å². The molecule has 0 spiro atoms. The Bertz CT molecular complexity index is 2110. The lowest BCUT2D eigenvalue weighted by Crippen LogP contribution is -2.61. The lowest BCUT2D eigenvalue weighted by Gasteiger charge is -2.47. The minimum absolute atomic E-state index is 0.0793. The normalized spacial score (nSPS) is 12.7. The second kappa shape index (κ2) is 11.4. The molecule has 0 bridgehead atoms. The zero-order valence-electron chi connectivity index (χ0n) is 27.1. The van der Waals surface area contributed by atoms with E-state index < -0.39 is 0 Å². The second-order valence-electron chi connectivity index (χ2n) is 12.6. The van der Waals surface area contributed by atoms with E-state index in [0.29, 0.717) is 0 Å². The van der Waals surface area contributed by atoms with Crippen LogP contribution in [0.15, 0.2) is 170 Å². The van der Waals surface area contributed by atoms with Gasteiger partial charge in [-0.25, -0.2) is 0 Å². The van der Waals surface area contributed by atoms with Crippen LogP contribution in [0.2, 0.25) is 0 Å². The second-order valence-corrected chi connectivity index (χ2v) is 12.6. The van der Waals surface area contributed by atoms with Gasteiger partial charge >= 0.3 is 0 Å². The van der Waals surface area contributed by atoms with Gasteiger partial charge in [0.2, 0.25) is 0 Å². The van der Waals surface area contributed by atoms with Crippen LogP contribution in [0.25, 0.3) is 0 Å². The Balaban J connectivity index is 1.47. The maximum Gasteiger partial charge on any atom is 0.252 e. The third kappa shape index (κ3) is 4.23. The first kappa shape index (κ1) is 28.2. The van der Waals surface area contributed by atoms with Gasteiger partial charge in [0.25, 0.3) is 6.71 Å². The zero-order valence-corrected chi connectivity index (χ0v) is 27.1. The summed E-state index contributed by atoms with van der Waals surface area (Å²) < 4.78 is 0. The van der Waals surface area contributed by atoms with Gasteiger partial charge in [-0.3, -0.25) is 0 Å². The fraction of sp³-hybridized carbons (Fsp3) is 0.0455. The Morgan fingerprint density at radius 1 is 0.417 bits per heavy atom. The van der Waals surface area contributed by atoms with Gasteiger partial charge in [0.05, 0.1) is 5.69 Å². The Kier molecular flexibility index (Phi) is 6.68. The van der Waals surface area contributed by atoms with Crippen LogP contribution in [0.3, 0.4) is 0 Å². The quantitative estimate of drug-likeness (QED) is 0.179. The molecule has 0 saturated carbocycles. The number of fused-ring (bicyclic) bond motifs is 4. The van der Waals surface area contributed by atoms with Gasteiger partial charge in [0.1, 0.15) is 0 Å². The summed E-state index contributed by atoms with van der Waals surface area (Å²) in [5.74, 6) is 0. The van der Waals surface area contributed by atoms with Crippen molar-refractivity contribution >= 4 is 74.3 Å². The van der Waals surface area contributed by atoms with E-state index in [2.05, 4.69) is 198 Å². The van der Waals surface area contributed by atoms with Gasteiger partial charge in [-0.05, 0) is 102 Å². The predicted molar refractivity (Wildman–Crippen MR) is 205 cm³/mol. The van der Waals surface area contributed by atoms with Gasteiger partial charge in [0.15, 0.2) is 0 Å². The van der Waals surface area contributed by atoms with Crippen LogP contribution < -0.4 is 31.1 Å². The first-order valence-electron chi connectivity index (χ1n) is 16.7. The zero-order chi connectivity index (χ0) is 32.2. The molecule has 2 aliphatic heterocycles. The molecule has 2 aliphatic rings. The maximum absolute atomic E-state index is 2.51. The fourth-order valence-electron chi connectivity index (χ4n) is 8.05. The van der Waals surface area contributed by atoms with E-state index in [-0.39, 0.29) is 6.71 Å². The standard InChI is InChI=1S/C44H34BN3/c1-31-42(46(33-19-7-3-8-20-33)34-21-9-4-10-22-34)32(2)44-41-43(31)47(35-23-11-5-12-24-35)39-29-17-15-27-37(39)45(41)38-28-16-18-30-40(38)48(44)36-25-13-6-14-26-36/h3-30H,1-2H3. The van der Waals surface area contributed by atoms with E-state index in [1.54, 1.807) is 0 Å². The highest BCUT2D eigenvalue weighted by Gasteiger charge is 2.45. The molecule has 228 valence electrons. The Morgan fingerprint density at radius 3 is 1.19 bits per heavy atom. The van der Waals surface area contributed by atoms with E-state index in [9.17, 15) is 0 Å². The van der Waals surface area contributed by atoms with Crippen molar-refractivity contribution in [2.75, 3.05) is 14.7 Å². The third-order valence-electron chi connectivity index (χ3n) is 9.93. The molecule has 2 heterocycles. The molecule has 3 nitrogen and oxygen atoms in total. The smallest absolute Gasteiger partial charge is 0.252 e. The summed E-state index contributed by atoms with van der Waals surface area (Å²) in [6.07, 6.45) is 0. The Labute approximate surface area is 283 Å². The van der Waals surface area contributed by atoms with Crippen molar-refractivity contribution in [3.05, 3.63) is 181 Å². The van der Waals surface area contributed by atoms with Crippen molar-refractivity contribution < 1.29 is 0 Å². The number of rotatable bonds is 5. The Hall–Kier alpha value is -6.00. The number of anilines is 9. The molecule has 7 aromatic carbocycles. The highest BCUT2D eigenvalue weighted by molar-refractivity contribution is 7.00. The first-order valence-corrected chi connectivity index (χ1v) is 16.7. The molecule has 0 amide bonds. The van der Waals surface area contributed by atoms with Gasteiger partial charge in [-0.2, -0.15) is 0 Å². The SMILES string of the molecule is Cc1c(N(c2ccccc2)c2ccccc2)c(C)c2c3c1N(c1ccccc1)c1ccccc1B3c1ccccc1N2c1ccccc1. The van der Waals surface area contributed by atoms with Crippen molar-refractivity contribution in [1.29, 1.82) is 0 Å². The molecular weight excluding hydrogens is 581 g/mol. The van der Waals surface area contributed by atoms with E-state index in [0.717, 1.165) is 22.7 Å². The number of hydrogen-bond acceptors (Lipinski definition) is 3. The van der Waals surface area contributed by atoms with Crippen LogP contribution in [0.5, 0.6) is 0 Å². The van der Waals surface area contributed by atoms with Crippen LogP contribution in [0.1, 0.15) is 11.1 Å². The average molecular weight is 616 g/mol. The number of benzene rings is 7. The van der Waals surface area contributed by atoms with Gasteiger partial charge < -0.3 is 14.7 Å². The molecule has 0 atom stereocenters. The predicted octanol–water partition coefficient (Wildman–Crippen LogP) is 9.86. The molecule has 0 N–H and O–H groups in total. The summed E-state index contributed by atoms with van der Waals surface area (Å²) in [6.45, 7) is 4.73. The van der Waals surface area contributed by atoms with E-state index in [1.807, 2.05) is 0 Å². The number of hydrogen-bond donors (Lipinski definition) is 0. The molecule has 7 aromatic rings. The lowest BCUT2D eigenvalue weighted by molar-refractivity contribution is 1.17. The molecule has 4 heteroatoms. The summed E-state index contributed by atoms with van der Waals surface area (Å²) >= 11 is 0. The highest BCUT2D eigenvalue weighted by Crippen LogP contribution is 2.52. The van der Waals surface area contributed by atoms with Crippen molar-refractivity contribution in [3.63, 3.8) is 0 Å². The third-order valence-corrected chi connectivity index (χ3v) is 9.93. The summed E-state index contributed by atoms with van der Waals surface area (Å²) in [7, 11) is 0. The molecule has 0 radical (unpaired) electrons. The largest absolute Gasteiger partial charge is 0.311 e. The van der Waals surface area contributed by atoms with Gasteiger partial charge in [-0.15, -0.1) is 0 Å². The highest BCUT2D eigenvalue weighted by atomic mass is 15.2. The van der Waals surface area contributed by atoms with Crippen LogP contribution >= 0.6 is 0 Å². The fourth-order valence-corrected chi connectivity index (χ4v) is 8.05. The molecular formula is C44H34BN3. The number of nitrogens with zero attached hydrogens (tertiary/aromatic N) is 3. The summed E-state index contributed by atoms with van der Waals surface area (Å²) in [4.78, 5) is 7.46. The minimum Gasteiger partial charge on any atom is -0.311 e. The van der Waals surface area contributed by atoms with Crippen LogP contribution in [-0.4, -0.2) is 6.71 Å². The maximum atomic E-state index is 2.51. The molecule has 0 saturated heterocycles. The van der Waals surface area contributed by atoms with E-state index >= 15 is 0 Å². The van der Waals surface area contributed by atoms with Crippen LogP contribution in [-0.2, 0) is 0 Å². The van der Waals surface area contributed by atoms with Crippen LogP contribution in [0.4, 0.5) is 51.2 Å². The molecule has 48 heavy (non-hydrogen) atoms. The molecule has 0 unspecified atom stereocenters. The van der Waals surface area contributed by atoms with Crippen molar-refractivity contribution in [2.45, 2.75) is 13.8 Å². The van der Waals surface area contributed by atoms with Gasteiger partial charge in [0, 0.05) is 45.5 Å². The van der Waals surface area contributed by atoms with E-state index in [1.165, 1.54) is 56.0 Å². The summed E-state index contributed by atoms with van der Waals surface area (Å²) in [6, 6.07) is 61.3.